The Balaban J connectivity index is 2.04. The molecule has 1 heterocycles. The third-order valence-corrected chi connectivity index (χ3v) is 4.70. The Kier molecular flexibility index (Phi) is 3.53. The molecule has 0 radical (unpaired) electrons. The van der Waals surface area contributed by atoms with Crippen LogP contribution in [0.5, 0.6) is 0 Å². The lowest BCUT2D eigenvalue weighted by molar-refractivity contribution is 0.247. The normalized spacial score (nSPS) is 14.1. The predicted octanol–water partition coefficient (Wildman–Crippen LogP) is 4.91. The number of hydrogen-bond donors (Lipinski definition) is 0. The van der Waals surface area contributed by atoms with E-state index in [1.165, 1.54) is 16.1 Å². The molecule has 2 aromatic rings. The van der Waals surface area contributed by atoms with Gasteiger partial charge >= 0.3 is 0 Å². The molecule has 0 saturated carbocycles. The third-order valence-electron chi connectivity index (χ3n) is 3.61. The summed E-state index contributed by atoms with van der Waals surface area (Å²) in [5, 5.41) is 1.28. The van der Waals surface area contributed by atoms with Gasteiger partial charge in [0.1, 0.15) is 0 Å². The summed E-state index contributed by atoms with van der Waals surface area (Å²) in [6.45, 7) is 9.29. The minimum Gasteiger partial charge on any atom is -0.241 e. The number of nitrogens with zero attached hydrogens (tertiary/aromatic N) is 1. The fraction of sp³-hybridized carbons (Fsp3) is 0.533. The average molecular weight is 247 g/mol. The number of rotatable bonds is 3. The Morgan fingerprint density at radius 1 is 1.24 bits per heavy atom. The van der Waals surface area contributed by atoms with Crippen LogP contribution in [0.25, 0.3) is 10.2 Å². The van der Waals surface area contributed by atoms with Crippen molar-refractivity contribution >= 4 is 21.6 Å². The minimum atomic E-state index is 0.399. The number of hydrogen-bond acceptors (Lipinski definition) is 2. The van der Waals surface area contributed by atoms with Crippen LogP contribution in [0.15, 0.2) is 24.3 Å². The van der Waals surface area contributed by atoms with Gasteiger partial charge in [-0.05, 0) is 36.3 Å². The molecule has 0 N–H and O–H groups in total. The van der Waals surface area contributed by atoms with E-state index in [1.54, 1.807) is 0 Å². The van der Waals surface area contributed by atoms with Gasteiger partial charge in [0.15, 0.2) is 0 Å². The first-order valence-electron chi connectivity index (χ1n) is 6.31. The van der Waals surface area contributed by atoms with E-state index >= 15 is 0 Å². The Labute approximate surface area is 108 Å². The van der Waals surface area contributed by atoms with Gasteiger partial charge in [-0.15, -0.1) is 11.3 Å². The molecule has 0 aliphatic heterocycles. The fourth-order valence-electron chi connectivity index (χ4n) is 1.80. The van der Waals surface area contributed by atoms with Crippen LogP contribution in [0.1, 0.15) is 39.1 Å². The van der Waals surface area contributed by atoms with Gasteiger partial charge in [-0.25, -0.2) is 4.98 Å². The van der Waals surface area contributed by atoms with Crippen LogP contribution in [0.2, 0.25) is 0 Å². The van der Waals surface area contributed by atoms with Crippen LogP contribution in [0.4, 0.5) is 0 Å². The van der Waals surface area contributed by atoms with Crippen molar-refractivity contribution in [3.05, 3.63) is 29.3 Å². The lowest BCUT2D eigenvalue weighted by atomic mass is 9.79. The summed E-state index contributed by atoms with van der Waals surface area (Å²) in [5.41, 5.74) is 1.55. The van der Waals surface area contributed by atoms with Crippen molar-refractivity contribution < 1.29 is 0 Å². The molecule has 1 aromatic carbocycles. The van der Waals surface area contributed by atoms with E-state index in [0.29, 0.717) is 5.41 Å². The summed E-state index contributed by atoms with van der Waals surface area (Å²) in [6.07, 6.45) is 2.33. The number of benzene rings is 1. The molecule has 0 bridgehead atoms. The van der Waals surface area contributed by atoms with Crippen LogP contribution in [-0.2, 0) is 6.42 Å². The topological polar surface area (TPSA) is 12.9 Å². The van der Waals surface area contributed by atoms with Crippen LogP contribution < -0.4 is 0 Å². The van der Waals surface area contributed by atoms with Gasteiger partial charge in [-0.2, -0.15) is 0 Å². The summed E-state index contributed by atoms with van der Waals surface area (Å²) in [4.78, 5) is 4.69. The van der Waals surface area contributed by atoms with Crippen molar-refractivity contribution in [2.24, 2.45) is 11.3 Å². The summed E-state index contributed by atoms with van der Waals surface area (Å²) < 4.78 is 1.31. The second kappa shape index (κ2) is 4.77. The second-order valence-electron chi connectivity index (χ2n) is 5.88. The van der Waals surface area contributed by atoms with E-state index in [0.717, 1.165) is 17.9 Å². The van der Waals surface area contributed by atoms with Crippen LogP contribution in [-0.4, -0.2) is 4.98 Å². The maximum Gasteiger partial charge on any atom is 0.0938 e. The monoisotopic (exact) mass is 247 g/mol. The van der Waals surface area contributed by atoms with Crippen molar-refractivity contribution in [2.75, 3.05) is 0 Å². The lowest BCUT2D eigenvalue weighted by Crippen LogP contribution is -2.17. The highest BCUT2D eigenvalue weighted by Gasteiger charge is 2.19. The summed E-state index contributed by atoms with van der Waals surface area (Å²) in [6, 6.07) is 8.40. The van der Waals surface area contributed by atoms with E-state index in [2.05, 4.69) is 56.9 Å². The van der Waals surface area contributed by atoms with E-state index in [1.807, 2.05) is 11.3 Å². The SMILES string of the molecule is CC(CCc1nc2ccccc2s1)C(C)(C)C. The largest absolute Gasteiger partial charge is 0.241 e. The molecule has 17 heavy (non-hydrogen) atoms. The number of para-hydroxylation sites is 1. The molecular weight excluding hydrogens is 226 g/mol. The molecule has 0 fully saturated rings. The number of fused-ring (bicyclic) bond motifs is 1. The molecule has 0 aliphatic carbocycles. The van der Waals surface area contributed by atoms with Crippen molar-refractivity contribution in [1.82, 2.24) is 4.98 Å². The quantitative estimate of drug-likeness (QED) is 0.751. The lowest BCUT2D eigenvalue weighted by Gasteiger charge is -2.26. The highest BCUT2D eigenvalue weighted by Crippen LogP contribution is 2.30. The summed E-state index contributed by atoms with van der Waals surface area (Å²) in [5.74, 6) is 0.731. The van der Waals surface area contributed by atoms with Crippen molar-refractivity contribution in [3.63, 3.8) is 0 Å². The van der Waals surface area contributed by atoms with Gasteiger partial charge in [0.05, 0.1) is 15.2 Å². The maximum atomic E-state index is 4.69. The molecule has 92 valence electrons. The molecule has 1 aromatic heterocycles. The zero-order valence-electron chi connectivity index (χ0n) is 11.2. The molecule has 2 rings (SSSR count). The van der Waals surface area contributed by atoms with Gasteiger partial charge in [0.25, 0.3) is 0 Å². The van der Waals surface area contributed by atoms with Gasteiger partial charge in [-0.3, -0.25) is 0 Å². The summed E-state index contributed by atoms with van der Waals surface area (Å²) >= 11 is 1.84. The standard InChI is InChI=1S/C15H21NS/c1-11(15(2,3)4)9-10-14-16-12-7-5-6-8-13(12)17-14/h5-8,11H,9-10H2,1-4H3. The van der Waals surface area contributed by atoms with E-state index in [-0.39, 0.29) is 0 Å². The first-order chi connectivity index (χ1) is 7.97. The number of aromatic nitrogens is 1. The Morgan fingerprint density at radius 2 is 1.94 bits per heavy atom. The molecule has 0 amide bonds. The fourth-order valence-corrected chi connectivity index (χ4v) is 2.78. The van der Waals surface area contributed by atoms with E-state index in [4.69, 9.17) is 0 Å². The Morgan fingerprint density at radius 3 is 2.59 bits per heavy atom. The first kappa shape index (κ1) is 12.6. The van der Waals surface area contributed by atoms with Gasteiger partial charge < -0.3 is 0 Å². The molecule has 0 spiro atoms. The zero-order valence-corrected chi connectivity index (χ0v) is 12.0. The van der Waals surface area contributed by atoms with Crippen LogP contribution in [0.3, 0.4) is 0 Å². The van der Waals surface area contributed by atoms with Crippen LogP contribution in [0, 0.1) is 11.3 Å². The van der Waals surface area contributed by atoms with Gasteiger partial charge in [-0.1, -0.05) is 39.8 Å². The highest BCUT2D eigenvalue weighted by atomic mass is 32.1. The van der Waals surface area contributed by atoms with E-state index < -0.39 is 0 Å². The van der Waals surface area contributed by atoms with Gasteiger partial charge in [0, 0.05) is 0 Å². The zero-order chi connectivity index (χ0) is 12.5. The molecule has 0 saturated heterocycles. The van der Waals surface area contributed by atoms with Crippen molar-refractivity contribution in [3.8, 4) is 0 Å². The maximum absolute atomic E-state index is 4.69. The molecule has 0 aliphatic rings. The molecular formula is C15H21NS. The molecule has 1 nitrogen and oxygen atoms in total. The molecule has 1 atom stereocenters. The highest BCUT2D eigenvalue weighted by molar-refractivity contribution is 7.18. The van der Waals surface area contributed by atoms with Gasteiger partial charge in [0.2, 0.25) is 0 Å². The minimum absolute atomic E-state index is 0.399. The summed E-state index contributed by atoms with van der Waals surface area (Å²) in [7, 11) is 0. The van der Waals surface area contributed by atoms with Crippen molar-refractivity contribution in [1.29, 1.82) is 0 Å². The predicted molar refractivity (Wildman–Crippen MR) is 76.6 cm³/mol. The molecule has 1 unspecified atom stereocenters. The second-order valence-corrected chi connectivity index (χ2v) is 7.00. The average Bonchev–Trinajstić information content (AvgIpc) is 2.66. The molecule has 2 heteroatoms. The number of aryl methyl sites for hydroxylation is 1. The Hall–Kier alpha value is -0.890. The first-order valence-corrected chi connectivity index (χ1v) is 7.13. The van der Waals surface area contributed by atoms with E-state index in [9.17, 15) is 0 Å². The van der Waals surface area contributed by atoms with Crippen LogP contribution >= 0.6 is 11.3 Å². The smallest absolute Gasteiger partial charge is 0.0938 e. The Bertz CT molecular complexity index is 460. The third kappa shape index (κ3) is 3.06. The number of thiazole rings is 1. The van der Waals surface area contributed by atoms with Crippen molar-refractivity contribution in [2.45, 2.75) is 40.5 Å².